The van der Waals surface area contributed by atoms with Crippen molar-refractivity contribution in [2.24, 2.45) is 0 Å². The van der Waals surface area contributed by atoms with Crippen LogP contribution in [-0.2, 0) is 0 Å². The third-order valence-electron chi connectivity index (χ3n) is 4.96. The molecule has 2 aliphatic heterocycles. The van der Waals surface area contributed by atoms with Crippen LogP contribution in [0.1, 0.15) is 34.9 Å². The fourth-order valence-electron chi connectivity index (χ4n) is 3.68. The number of para-hydroxylation sites is 2. The van der Waals surface area contributed by atoms with Crippen LogP contribution < -0.4 is 9.47 Å². The molecule has 2 aliphatic rings. The first-order valence-electron chi connectivity index (χ1n) is 8.72. The van der Waals surface area contributed by atoms with E-state index < -0.39 is 0 Å². The van der Waals surface area contributed by atoms with E-state index in [1.54, 1.807) is 6.20 Å². The number of benzene rings is 2. The van der Waals surface area contributed by atoms with Gasteiger partial charge in [0.2, 0.25) is 6.79 Å². The minimum Gasteiger partial charge on any atom is -0.454 e. The molecule has 6 nitrogen and oxygen atoms in total. The summed E-state index contributed by atoms with van der Waals surface area (Å²) in [6.07, 6.45) is 3.46. The Morgan fingerprint density at radius 3 is 2.85 bits per heavy atom. The average Bonchev–Trinajstić information content (AvgIpc) is 3.35. The molecule has 3 aromatic rings. The number of nitrogens with zero attached hydrogens (tertiary/aromatic N) is 3. The molecule has 0 unspecified atom stereocenters. The van der Waals surface area contributed by atoms with Gasteiger partial charge in [-0.25, -0.2) is 4.98 Å². The van der Waals surface area contributed by atoms with Crippen molar-refractivity contribution >= 4 is 16.9 Å². The Labute approximate surface area is 150 Å². The number of aromatic nitrogens is 2. The smallest absolute Gasteiger partial charge is 0.274 e. The van der Waals surface area contributed by atoms with Crippen LogP contribution >= 0.6 is 0 Å². The summed E-state index contributed by atoms with van der Waals surface area (Å²) in [7, 11) is 0. The van der Waals surface area contributed by atoms with Crippen molar-refractivity contribution in [1.82, 2.24) is 14.9 Å². The SMILES string of the molecule is O=C(c1cnc2ccccc2n1)N1CCC[C@@H]1c1ccc2c(c1)OCO2. The van der Waals surface area contributed by atoms with Gasteiger partial charge in [-0.05, 0) is 42.7 Å². The fraction of sp³-hybridized carbons (Fsp3) is 0.250. The van der Waals surface area contributed by atoms with Crippen LogP contribution in [0.15, 0.2) is 48.7 Å². The van der Waals surface area contributed by atoms with Crippen molar-refractivity contribution in [2.45, 2.75) is 18.9 Å². The van der Waals surface area contributed by atoms with E-state index in [2.05, 4.69) is 9.97 Å². The monoisotopic (exact) mass is 347 g/mol. The Hall–Kier alpha value is -3.15. The number of carbonyl (C=O) groups excluding carboxylic acids is 1. The molecule has 1 fully saturated rings. The number of carbonyl (C=O) groups is 1. The van der Waals surface area contributed by atoms with E-state index in [4.69, 9.17) is 9.47 Å². The molecule has 3 heterocycles. The number of ether oxygens (including phenoxy) is 2. The molecule has 0 N–H and O–H groups in total. The summed E-state index contributed by atoms with van der Waals surface area (Å²) >= 11 is 0. The quantitative estimate of drug-likeness (QED) is 0.711. The molecule has 1 saturated heterocycles. The third kappa shape index (κ3) is 2.45. The summed E-state index contributed by atoms with van der Waals surface area (Å²) < 4.78 is 10.9. The van der Waals surface area contributed by atoms with Crippen LogP contribution in [0.2, 0.25) is 0 Å². The van der Waals surface area contributed by atoms with Gasteiger partial charge in [0, 0.05) is 6.54 Å². The second-order valence-corrected chi connectivity index (χ2v) is 6.51. The van der Waals surface area contributed by atoms with Gasteiger partial charge in [0.05, 0.1) is 23.3 Å². The Morgan fingerprint density at radius 2 is 1.92 bits per heavy atom. The summed E-state index contributed by atoms with van der Waals surface area (Å²) in [5.74, 6) is 1.42. The number of hydrogen-bond acceptors (Lipinski definition) is 5. The Balaban J connectivity index is 1.46. The van der Waals surface area contributed by atoms with Crippen molar-refractivity contribution < 1.29 is 14.3 Å². The third-order valence-corrected chi connectivity index (χ3v) is 4.96. The van der Waals surface area contributed by atoms with Crippen molar-refractivity contribution in [3.63, 3.8) is 0 Å². The number of rotatable bonds is 2. The van der Waals surface area contributed by atoms with E-state index in [-0.39, 0.29) is 18.7 Å². The minimum absolute atomic E-state index is 0.0188. The Morgan fingerprint density at radius 1 is 1.08 bits per heavy atom. The summed E-state index contributed by atoms with van der Waals surface area (Å²) in [4.78, 5) is 23.8. The topological polar surface area (TPSA) is 64.6 Å². The lowest BCUT2D eigenvalue weighted by Crippen LogP contribution is -2.31. The van der Waals surface area contributed by atoms with Crippen LogP contribution in [0.3, 0.4) is 0 Å². The van der Waals surface area contributed by atoms with Gasteiger partial charge in [-0.15, -0.1) is 0 Å². The normalized spacial score (nSPS) is 18.5. The second kappa shape index (κ2) is 5.98. The first-order valence-corrected chi connectivity index (χ1v) is 8.72. The highest BCUT2D eigenvalue weighted by molar-refractivity contribution is 5.94. The molecule has 0 spiro atoms. The van der Waals surface area contributed by atoms with E-state index in [0.29, 0.717) is 12.2 Å². The molecule has 26 heavy (non-hydrogen) atoms. The van der Waals surface area contributed by atoms with Gasteiger partial charge >= 0.3 is 0 Å². The van der Waals surface area contributed by atoms with E-state index >= 15 is 0 Å². The van der Waals surface area contributed by atoms with Gasteiger partial charge in [-0.3, -0.25) is 9.78 Å². The first-order chi connectivity index (χ1) is 12.8. The maximum Gasteiger partial charge on any atom is 0.274 e. The highest BCUT2D eigenvalue weighted by Crippen LogP contribution is 2.39. The van der Waals surface area contributed by atoms with Gasteiger partial charge in [0.15, 0.2) is 11.5 Å². The van der Waals surface area contributed by atoms with Crippen molar-refractivity contribution in [3.8, 4) is 11.5 Å². The summed E-state index contributed by atoms with van der Waals surface area (Å²) in [6.45, 7) is 0.964. The van der Waals surface area contributed by atoms with Gasteiger partial charge in [0.1, 0.15) is 5.69 Å². The molecule has 0 saturated carbocycles. The second-order valence-electron chi connectivity index (χ2n) is 6.51. The van der Waals surface area contributed by atoms with Crippen molar-refractivity contribution in [1.29, 1.82) is 0 Å². The van der Waals surface area contributed by atoms with E-state index in [1.807, 2.05) is 47.4 Å². The zero-order chi connectivity index (χ0) is 17.5. The molecule has 1 aromatic heterocycles. The number of hydrogen-bond donors (Lipinski definition) is 0. The predicted molar refractivity (Wildman–Crippen MR) is 95.1 cm³/mol. The Bertz CT molecular complexity index is 1000. The molecule has 1 atom stereocenters. The summed E-state index contributed by atoms with van der Waals surface area (Å²) in [6, 6.07) is 13.5. The highest BCUT2D eigenvalue weighted by Gasteiger charge is 2.32. The van der Waals surface area contributed by atoms with E-state index in [0.717, 1.165) is 40.9 Å². The average molecular weight is 347 g/mol. The maximum absolute atomic E-state index is 13.1. The van der Waals surface area contributed by atoms with Gasteiger partial charge < -0.3 is 14.4 Å². The van der Waals surface area contributed by atoms with E-state index in [9.17, 15) is 4.79 Å². The van der Waals surface area contributed by atoms with E-state index in [1.165, 1.54) is 0 Å². The lowest BCUT2D eigenvalue weighted by molar-refractivity contribution is 0.0729. The fourth-order valence-corrected chi connectivity index (χ4v) is 3.68. The first kappa shape index (κ1) is 15.1. The van der Waals surface area contributed by atoms with Crippen LogP contribution in [0.5, 0.6) is 11.5 Å². The summed E-state index contributed by atoms with van der Waals surface area (Å²) in [5.41, 5.74) is 2.97. The largest absolute Gasteiger partial charge is 0.454 e. The van der Waals surface area contributed by atoms with Crippen LogP contribution in [-0.4, -0.2) is 34.1 Å². The maximum atomic E-state index is 13.1. The molecular weight excluding hydrogens is 330 g/mol. The lowest BCUT2D eigenvalue weighted by atomic mass is 10.0. The molecule has 130 valence electrons. The molecule has 0 radical (unpaired) electrons. The molecular formula is C20H17N3O3. The molecule has 2 aromatic carbocycles. The molecule has 6 heteroatoms. The van der Waals surface area contributed by atoms with Crippen LogP contribution in [0.25, 0.3) is 11.0 Å². The number of amides is 1. The number of likely N-dealkylation sites (tertiary alicyclic amines) is 1. The predicted octanol–water partition coefficient (Wildman–Crippen LogP) is 3.34. The van der Waals surface area contributed by atoms with Gasteiger partial charge in [0.25, 0.3) is 5.91 Å². The zero-order valence-corrected chi connectivity index (χ0v) is 14.1. The highest BCUT2D eigenvalue weighted by atomic mass is 16.7. The summed E-state index contributed by atoms with van der Waals surface area (Å²) in [5, 5.41) is 0. The standard InChI is InChI=1S/C20H17N3O3/c24-20(16-11-21-14-4-1-2-5-15(14)22-16)23-9-3-6-17(23)13-7-8-18-19(10-13)26-12-25-18/h1-2,4-5,7-8,10-11,17H,3,6,9,12H2/t17-/m1/s1. The minimum atomic E-state index is -0.0802. The number of fused-ring (bicyclic) bond motifs is 2. The zero-order valence-electron chi connectivity index (χ0n) is 14.1. The van der Waals surface area contributed by atoms with Crippen molar-refractivity contribution in [3.05, 3.63) is 59.9 Å². The molecule has 0 bridgehead atoms. The lowest BCUT2D eigenvalue weighted by Gasteiger charge is -2.25. The molecule has 5 rings (SSSR count). The van der Waals surface area contributed by atoms with Gasteiger partial charge in [-0.1, -0.05) is 18.2 Å². The van der Waals surface area contributed by atoms with Crippen LogP contribution in [0.4, 0.5) is 0 Å². The van der Waals surface area contributed by atoms with Crippen LogP contribution in [0, 0.1) is 0 Å². The Kier molecular flexibility index (Phi) is 3.48. The van der Waals surface area contributed by atoms with Gasteiger partial charge in [-0.2, -0.15) is 0 Å². The van der Waals surface area contributed by atoms with Crippen molar-refractivity contribution in [2.75, 3.05) is 13.3 Å². The molecule has 0 aliphatic carbocycles. The molecule has 1 amide bonds.